The van der Waals surface area contributed by atoms with Gasteiger partial charge >= 0.3 is 6.03 Å². The SMILES string of the molecule is CC(C)NC(=O)c1cnc(N(C)C)nc1C1CCN(C(=O)N(C)C)C1. The lowest BCUT2D eigenvalue weighted by molar-refractivity contribution is 0.0941. The number of rotatable bonds is 4. The van der Waals surface area contributed by atoms with E-state index in [1.165, 1.54) is 0 Å². The Bertz CT molecular complexity index is 644. The Labute approximate surface area is 149 Å². The number of hydrogen-bond acceptors (Lipinski definition) is 5. The molecule has 0 aliphatic carbocycles. The lowest BCUT2D eigenvalue weighted by atomic mass is 9.99. The highest BCUT2D eigenvalue weighted by Crippen LogP contribution is 2.29. The van der Waals surface area contributed by atoms with Crippen LogP contribution >= 0.6 is 0 Å². The highest BCUT2D eigenvalue weighted by molar-refractivity contribution is 5.95. The Morgan fingerprint density at radius 1 is 1.28 bits per heavy atom. The molecule has 0 spiro atoms. The van der Waals surface area contributed by atoms with Crippen LogP contribution in [-0.2, 0) is 0 Å². The number of aromatic nitrogens is 2. The van der Waals surface area contributed by atoms with Crippen LogP contribution in [0.5, 0.6) is 0 Å². The first-order valence-electron chi connectivity index (χ1n) is 8.52. The second-order valence-corrected chi connectivity index (χ2v) is 7.10. The van der Waals surface area contributed by atoms with Crippen LogP contribution in [0.2, 0.25) is 0 Å². The summed E-state index contributed by atoms with van der Waals surface area (Å²) < 4.78 is 0. The van der Waals surface area contributed by atoms with Crippen LogP contribution in [0.3, 0.4) is 0 Å². The van der Waals surface area contributed by atoms with Crippen LogP contribution in [0, 0.1) is 0 Å². The van der Waals surface area contributed by atoms with E-state index in [4.69, 9.17) is 0 Å². The third-order valence-corrected chi connectivity index (χ3v) is 4.10. The molecule has 1 fully saturated rings. The van der Waals surface area contributed by atoms with Crippen molar-refractivity contribution >= 4 is 17.9 Å². The van der Waals surface area contributed by atoms with Gasteiger partial charge in [0.2, 0.25) is 5.95 Å². The molecule has 1 atom stereocenters. The largest absolute Gasteiger partial charge is 0.350 e. The molecule has 8 heteroatoms. The number of hydrogen-bond donors (Lipinski definition) is 1. The van der Waals surface area contributed by atoms with Gasteiger partial charge in [-0.1, -0.05) is 0 Å². The smallest absolute Gasteiger partial charge is 0.319 e. The number of carbonyl (C=O) groups excluding carboxylic acids is 2. The lowest BCUT2D eigenvalue weighted by Gasteiger charge is -2.22. The van der Waals surface area contributed by atoms with Gasteiger partial charge in [-0.3, -0.25) is 4.79 Å². The van der Waals surface area contributed by atoms with Crippen molar-refractivity contribution in [2.45, 2.75) is 32.2 Å². The van der Waals surface area contributed by atoms with Crippen molar-refractivity contribution in [1.29, 1.82) is 0 Å². The first-order valence-corrected chi connectivity index (χ1v) is 8.52. The molecule has 1 saturated heterocycles. The van der Waals surface area contributed by atoms with Gasteiger partial charge in [0.1, 0.15) is 0 Å². The number of amides is 3. The lowest BCUT2D eigenvalue weighted by Crippen LogP contribution is -2.37. The van der Waals surface area contributed by atoms with Gasteiger partial charge in [0.05, 0.1) is 11.3 Å². The van der Waals surface area contributed by atoms with E-state index in [2.05, 4.69) is 15.3 Å². The van der Waals surface area contributed by atoms with Crippen molar-refractivity contribution < 1.29 is 9.59 Å². The van der Waals surface area contributed by atoms with E-state index in [1.54, 1.807) is 30.1 Å². The van der Waals surface area contributed by atoms with Crippen LogP contribution in [0.1, 0.15) is 42.2 Å². The minimum atomic E-state index is -0.173. The third kappa shape index (κ3) is 4.37. The van der Waals surface area contributed by atoms with Crippen molar-refractivity contribution in [3.63, 3.8) is 0 Å². The average molecular weight is 348 g/mol. The number of nitrogens with zero attached hydrogens (tertiary/aromatic N) is 5. The minimum absolute atomic E-state index is 0.0161. The maximum Gasteiger partial charge on any atom is 0.319 e. The molecule has 1 N–H and O–H groups in total. The number of anilines is 1. The molecule has 3 amide bonds. The van der Waals surface area contributed by atoms with Gasteiger partial charge in [-0.05, 0) is 20.3 Å². The van der Waals surface area contributed by atoms with Crippen LogP contribution < -0.4 is 10.2 Å². The molecule has 8 nitrogen and oxygen atoms in total. The Kier molecular flexibility index (Phi) is 5.81. The van der Waals surface area contributed by atoms with Gasteiger partial charge in [-0.25, -0.2) is 14.8 Å². The van der Waals surface area contributed by atoms with Gasteiger partial charge in [-0.2, -0.15) is 0 Å². The highest BCUT2D eigenvalue weighted by atomic mass is 16.2. The first kappa shape index (κ1) is 19.0. The summed E-state index contributed by atoms with van der Waals surface area (Å²) in [5.41, 5.74) is 1.20. The molecule has 1 aromatic rings. The topological polar surface area (TPSA) is 81.7 Å². The molecule has 2 rings (SSSR count). The molecule has 0 saturated carbocycles. The normalized spacial score (nSPS) is 16.9. The van der Waals surface area contributed by atoms with E-state index >= 15 is 0 Å². The van der Waals surface area contributed by atoms with E-state index in [9.17, 15) is 9.59 Å². The van der Waals surface area contributed by atoms with Gasteiger partial charge < -0.3 is 20.0 Å². The Balaban J connectivity index is 2.32. The predicted octanol–water partition coefficient (Wildman–Crippen LogP) is 1.15. The van der Waals surface area contributed by atoms with E-state index < -0.39 is 0 Å². The Morgan fingerprint density at radius 3 is 2.52 bits per heavy atom. The van der Waals surface area contributed by atoms with Crippen LogP contribution in [-0.4, -0.2) is 79.0 Å². The molecular formula is C17H28N6O2. The zero-order valence-electron chi connectivity index (χ0n) is 15.9. The fourth-order valence-corrected chi connectivity index (χ4v) is 2.87. The van der Waals surface area contributed by atoms with Crippen molar-refractivity contribution in [2.75, 3.05) is 46.2 Å². The molecule has 0 bridgehead atoms. The summed E-state index contributed by atoms with van der Waals surface area (Å²) in [4.78, 5) is 38.8. The zero-order valence-corrected chi connectivity index (χ0v) is 15.9. The van der Waals surface area contributed by atoms with Crippen molar-refractivity contribution in [3.05, 3.63) is 17.5 Å². The van der Waals surface area contributed by atoms with Crippen LogP contribution in [0.15, 0.2) is 6.20 Å². The van der Waals surface area contributed by atoms with E-state index in [0.717, 1.165) is 6.42 Å². The number of carbonyl (C=O) groups is 2. The fourth-order valence-electron chi connectivity index (χ4n) is 2.87. The fraction of sp³-hybridized carbons (Fsp3) is 0.647. The van der Waals surface area contributed by atoms with E-state index in [-0.39, 0.29) is 23.9 Å². The van der Waals surface area contributed by atoms with E-state index in [1.807, 2.05) is 32.8 Å². The summed E-state index contributed by atoms with van der Waals surface area (Å²) in [5, 5.41) is 2.90. The molecule has 0 radical (unpaired) electrons. The van der Waals surface area contributed by atoms with Crippen molar-refractivity contribution in [2.24, 2.45) is 0 Å². The summed E-state index contributed by atoms with van der Waals surface area (Å²) in [7, 11) is 7.21. The monoisotopic (exact) mass is 348 g/mol. The first-order chi connectivity index (χ1) is 11.7. The van der Waals surface area contributed by atoms with Crippen molar-refractivity contribution in [1.82, 2.24) is 25.1 Å². The molecule has 25 heavy (non-hydrogen) atoms. The van der Waals surface area contributed by atoms with Gasteiger partial charge in [0.15, 0.2) is 0 Å². The second kappa shape index (κ2) is 7.67. The van der Waals surface area contributed by atoms with Gasteiger partial charge in [-0.15, -0.1) is 0 Å². The molecule has 1 aliphatic rings. The molecule has 1 aromatic heterocycles. The Morgan fingerprint density at radius 2 is 1.96 bits per heavy atom. The Hall–Kier alpha value is -2.38. The summed E-state index contributed by atoms with van der Waals surface area (Å²) in [5.74, 6) is 0.416. The van der Waals surface area contributed by atoms with Gasteiger partial charge in [0.25, 0.3) is 5.91 Å². The maximum atomic E-state index is 12.5. The number of likely N-dealkylation sites (tertiary alicyclic amines) is 1. The molecular weight excluding hydrogens is 320 g/mol. The van der Waals surface area contributed by atoms with Crippen LogP contribution in [0.25, 0.3) is 0 Å². The summed E-state index contributed by atoms with van der Waals surface area (Å²) >= 11 is 0. The predicted molar refractivity (Wildman–Crippen MR) is 97.0 cm³/mol. The molecule has 138 valence electrons. The van der Waals surface area contributed by atoms with Crippen LogP contribution in [0.4, 0.5) is 10.7 Å². The minimum Gasteiger partial charge on any atom is -0.350 e. The molecule has 2 heterocycles. The molecule has 1 unspecified atom stereocenters. The average Bonchev–Trinajstić information content (AvgIpc) is 3.02. The third-order valence-electron chi connectivity index (χ3n) is 4.10. The number of nitrogens with one attached hydrogen (secondary N) is 1. The molecule has 0 aromatic carbocycles. The maximum absolute atomic E-state index is 12.5. The van der Waals surface area contributed by atoms with Gasteiger partial charge in [0, 0.05) is 59.4 Å². The molecule has 1 aliphatic heterocycles. The summed E-state index contributed by atoms with van der Waals surface area (Å²) in [6.45, 7) is 5.05. The highest BCUT2D eigenvalue weighted by Gasteiger charge is 2.32. The second-order valence-electron chi connectivity index (χ2n) is 7.10. The van der Waals surface area contributed by atoms with E-state index in [0.29, 0.717) is 30.3 Å². The summed E-state index contributed by atoms with van der Waals surface area (Å²) in [6.07, 6.45) is 2.37. The number of urea groups is 1. The zero-order chi connectivity index (χ0) is 18.7. The standard InChI is InChI=1S/C17H28N6O2/c1-11(2)19-15(24)13-9-18-16(21(3)4)20-14(13)12-7-8-23(10-12)17(25)22(5)6/h9,11-12H,7-8,10H2,1-6H3,(H,19,24). The van der Waals surface area contributed by atoms with Crippen molar-refractivity contribution in [3.8, 4) is 0 Å². The summed E-state index contributed by atoms with van der Waals surface area (Å²) in [6, 6.07) is 0.0156. The quantitative estimate of drug-likeness (QED) is 0.883.